The molecule has 1 aliphatic heterocycles. The van der Waals surface area contributed by atoms with Crippen LogP contribution in [0.5, 0.6) is 0 Å². The van der Waals surface area contributed by atoms with Gasteiger partial charge in [-0.2, -0.15) is 13.2 Å². The van der Waals surface area contributed by atoms with E-state index >= 15 is 0 Å². The number of likely N-dealkylation sites (N-methyl/N-ethyl adjacent to an activating group) is 1. The van der Waals surface area contributed by atoms with Crippen molar-refractivity contribution in [1.29, 1.82) is 0 Å². The Morgan fingerprint density at radius 1 is 0.972 bits per heavy atom. The maximum Gasteiger partial charge on any atom is 0.490 e. The highest BCUT2D eigenvalue weighted by Gasteiger charge is 2.49. The number of hydrogen-bond donors (Lipinski definition) is 2. The summed E-state index contributed by atoms with van der Waals surface area (Å²) in [5.74, 6) is -8.09. The first kappa shape index (κ1) is 28.6. The van der Waals surface area contributed by atoms with Crippen molar-refractivity contribution in [3.8, 4) is 11.1 Å². The van der Waals surface area contributed by atoms with E-state index in [1.807, 2.05) is 0 Å². The number of aliphatic carboxylic acids is 1. The van der Waals surface area contributed by atoms with Gasteiger partial charge >= 0.3 is 12.1 Å². The summed E-state index contributed by atoms with van der Waals surface area (Å²) in [4.78, 5) is 36.4. The molecule has 2 amide bonds. The number of carbonyl (C=O) groups excluding carboxylic acids is 2. The molecule has 0 saturated carbocycles. The Hall–Kier alpha value is -3.61. The van der Waals surface area contributed by atoms with E-state index in [1.54, 1.807) is 36.4 Å². The zero-order chi connectivity index (χ0) is 27.4. The normalized spacial score (nSPS) is 16.1. The highest BCUT2D eigenvalue weighted by atomic mass is 19.4. The molecule has 1 aliphatic rings. The summed E-state index contributed by atoms with van der Waals surface area (Å²) in [6.07, 6.45) is -5.08. The molecule has 1 saturated heterocycles. The topological polar surface area (TPSA) is 104 Å². The molecule has 0 spiro atoms. The summed E-state index contributed by atoms with van der Waals surface area (Å²) in [6.45, 7) is -1.38. The molecule has 3 N–H and O–H groups in total. The second kappa shape index (κ2) is 11.0. The fourth-order valence-electron chi connectivity index (χ4n) is 3.33. The van der Waals surface area contributed by atoms with Crippen LogP contribution in [0, 0.1) is 5.82 Å². The van der Waals surface area contributed by atoms with Gasteiger partial charge in [0.05, 0.1) is 19.0 Å². The highest BCUT2D eigenvalue weighted by molar-refractivity contribution is 5.94. The number of rotatable bonds is 5. The molecule has 196 valence electrons. The maximum atomic E-state index is 13.1. The summed E-state index contributed by atoms with van der Waals surface area (Å²) in [6, 6.07) is 11.5. The first-order chi connectivity index (χ1) is 16.5. The van der Waals surface area contributed by atoms with Gasteiger partial charge in [0.15, 0.2) is 0 Å². The van der Waals surface area contributed by atoms with E-state index in [-0.39, 0.29) is 5.82 Å². The minimum absolute atomic E-state index is 0.344. The number of carbonyl (C=O) groups is 3. The lowest BCUT2D eigenvalue weighted by atomic mass is 9.88. The lowest BCUT2D eigenvalue weighted by Crippen LogP contribution is -2.63. The fourth-order valence-corrected chi connectivity index (χ4v) is 3.33. The number of amides is 2. The molecule has 0 aliphatic carbocycles. The molecule has 2 atom stereocenters. The average molecular weight is 519 g/mol. The van der Waals surface area contributed by atoms with Gasteiger partial charge in [0.2, 0.25) is 11.8 Å². The first-order valence-electron chi connectivity index (χ1n) is 10.3. The SMILES string of the molecule is CN(C)C(=O)[C@@H](c1ccc(-c2ccc(F)cc2)cc1)[C@H](N)C(=O)N1CC(F)(F)C1.O=C(O)C(F)(F)F. The van der Waals surface area contributed by atoms with Gasteiger partial charge in [-0.1, -0.05) is 36.4 Å². The van der Waals surface area contributed by atoms with Crippen LogP contribution in [0.4, 0.5) is 26.3 Å². The molecule has 0 unspecified atom stereocenters. The van der Waals surface area contributed by atoms with Crippen LogP contribution in [0.25, 0.3) is 11.1 Å². The smallest absolute Gasteiger partial charge is 0.475 e. The van der Waals surface area contributed by atoms with Crippen molar-refractivity contribution in [3.05, 3.63) is 59.9 Å². The molecule has 0 radical (unpaired) electrons. The average Bonchev–Trinajstić information content (AvgIpc) is 2.77. The Morgan fingerprint density at radius 2 is 1.39 bits per heavy atom. The molecule has 7 nitrogen and oxygen atoms in total. The maximum absolute atomic E-state index is 13.1. The van der Waals surface area contributed by atoms with Crippen molar-refractivity contribution in [2.45, 2.75) is 24.1 Å². The lowest BCUT2D eigenvalue weighted by molar-refractivity contribution is -0.192. The number of carboxylic acids is 1. The minimum Gasteiger partial charge on any atom is -0.475 e. The Kier molecular flexibility index (Phi) is 8.73. The second-order valence-corrected chi connectivity index (χ2v) is 8.22. The van der Waals surface area contributed by atoms with Crippen LogP contribution in [0.1, 0.15) is 11.5 Å². The van der Waals surface area contributed by atoms with Crippen LogP contribution in [0.2, 0.25) is 0 Å². The van der Waals surface area contributed by atoms with Gasteiger partial charge in [-0.3, -0.25) is 9.59 Å². The van der Waals surface area contributed by atoms with Gasteiger partial charge in [-0.15, -0.1) is 0 Å². The molecule has 0 bridgehead atoms. The molecular formula is C23H23F6N3O4. The van der Waals surface area contributed by atoms with Crippen LogP contribution in [-0.2, 0) is 14.4 Å². The molecule has 1 heterocycles. The Balaban J connectivity index is 0.000000572. The number of nitrogens with two attached hydrogens (primary N) is 1. The van der Waals surface area contributed by atoms with Crippen molar-refractivity contribution < 1.29 is 45.8 Å². The Bertz CT molecular complexity index is 1080. The third kappa shape index (κ3) is 7.20. The van der Waals surface area contributed by atoms with Gasteiger partial charge in [0.1, 0.15) is 11.9 Å². The van der Waals surface area contributed by atoms with E-state index in [0.717, 1.165) is 16.0 Å². The third-order valence-corrected chi connectivity index (χ3v) is 5.20. The number of nitrogens with zero attached hydrogens (tertiary/aromatic N) is 2. The van der Waals surface area contributed by atoms with Crippen molar-refractivity contribution in [3.63, 3.8) is 0 Å². The zero-order valence-electron chi connectivity index (χ0n) is 19.1. The molecule has 2 aromatic rings. The van der Waals surface area contributed by atoms with Crippen LogP contribution >= 0.6 is 0 Å². The van der Waals surface area contributed by atoms with Crippen molar-refractivity contribution in [1.82, 2.24) is 9.80 Å². The van der Waals surface area contributed by atoms with Gasteiger partial charge in [-0.05, 0) is 28.8 Å². The quantitative estimate of drug-likeness (QED) is 0.591. The number of hydrogen-bond acceptors (Lipinski definition) is 4. The molecule has 2 aromatic carbocycles. The standard InChI is InChI=1S/C21H22F3N3O2.C2HF3O2/c1-26(2)19(28)17(18(25)20(29)27-11-21(23,24)12-27)15-5-3-13(4-6-15)14-7-9-16(22)10-8-14;3-2(4,5)1(6)7/h3-10,17-18H,11-12,25H2,1-2H3;(H,6,7)/t17-,18-;/m0./s1. The summed E-state index contributed by atoms with van der Waals surface area (Å²) in [5, 5.41) is 7.12. The van der Waals surface area contributed by atoms with E-state index in [9.17, 15) is 35.9 Å². The van der Waals surface area contributed by atoms with Crippen molar-refractivity contribution >= 4 is 17.8 Å². The van der Waals surface area contributed by atoms with E-state index < -0.39 is 54.9 Å². The molecule has 13 heteroatoms. The molecule has 0 aromatic heterocycles. The largest absolute Gasteiger partial charge is 0.490 e. The fraction of sp³-hybridized carbons (Fsp3) is 0.348. The van der Waals surface area contributed by atoms with Crippen LogP contribution in [0.3, 0.4) is 0 Å². The van der Waals surface area contributed by atoms with Crippen LogP contribution in [0.15, 0.2) is 48.5 Å². The molecule has 1 fully saturated rings. The lowest BCUT2D eigenvalue weighted by Gasteiger charge is -2.41. The predicted molar refractivity (Wildman–Crippen MR) is 116 cm³/mol. The molecule has 36 heavy (non-hydrogen) atoms. The Morgan fingerprint density at radius 3 is 1.75 bits per heavy atom. The molecule has 3 rings (SSSR count). The van der Waals surface area contributed by atoms with E-state index in [0.29, 0.717) is 5.56 Å². The molecular weight excluding hydrogens is 496 g/mol. The van der Waals surface area contributed by atoms with Crippen LogP contribution in [-0.4, -0.2) is 78.0 Å². The van der Waals surface area contributed by atoms with Gasteiger partial charge in [0.25, 0.3) is 5.92 Å². The zero-order valence-corrected chi connectivity index (χ0v) is 19.1. The third-order valence-electron chi connectivity index (χ3n) is 5.20. The Labute approximate surface area is 202 Å². The monoisotopic (exact) mass is 519 g/mol. The number of alkyl halides is 5. The van der Waals surface area contributed by atoms with Crippen molar-refractivity contribution in [2.75, 3.05) is 27.2 Å². The number of likely N-dealkylation sites (tertiary alicyclic amines) is 1. The summed E-state index contributed by atoms with van der Waals surface area (Å²) in [7, 11) is 3.08. The van der Waals surface area contributed by atoms with E-state index in [2.05, 4.69) is 0 Å². The summed E-state index contributed by atoms with van der Waals surface area (Å²) in [5.41, 5.74) is 8.16. The number of carboxylic acid groups (broad SMARTS) is 1. The van der Waals surface area contributed by atoms with E-state index in [4.69, 9.17) is 15.6 Å². The summed E-state index contributed by atoms with van der Waals surface area (Å²) < 4.78 is 71.1. The number of halogens is 6. The minimum atomic E-state index is -5.08. The second-order valence-electron chi connectivity index (χ2n) is 8.22. The predicted octanol–water partition coefficient (Wildman–Crippen LogP) is 3.10. The van der Waals surface area contributed by atoms with Gasteiger partial charge < -0.3 is 20.6 Å². The highest BCUT2D eigenvalue weighted by Crippen LogP contribution is 2.31. The van der Waals surface area contributed by atoms with Crippen LogP contribution < -0.4 is 5.73 Å². The first-order valence-corrected chi connectivity index (χ1v) is 10.3. The van der Waals surface area contributed by atoms with Gasteiger partial charge in [-0.25, -0.2) is 18.0 Å². The van der Waals surface area contributed by atoms with Gasteiger partial charge in [0, 0.05) is 14.1 Å². The van der Waals surface area contributed by atoms with Crippen molar-refractivity contribution in [2.24, 2.45) is 5.73 Å². The van der Waals surface area contributed by atoms with E-state index in [1.165, 1.54) is 31.1 Å². The number of benzene rings is 2. The summed E-state index contributed by atoms with van der Waals surface area (Å²) >= 11 is 0.